The molecule has 0 aliphatic carbocycles. The van der Waals surface area contributed by atoms with E-state index in [1.165, 1.54) is 0 Å². The molecule has 92 valence electrons. The van der Waals surface area contributed by atoms with Gasteiger partial charge in [-0.2, -0.15) is 0 Å². The van der Waals surface area contributed by atoms with E-state index in [1.54, 1.807) is 30.3 Å². The predicted molar refractivity (Wildman–Crippen MR) is 67.3 cm³/mol. The molecule has 7 heteroatoms. The molecule has 0 amide bonds. The second kappa shape index (κ2) is 4.61. The quantitative estimate of drug-likeness (QED) is 0.865. The van der Waals surface area contributed by atoms with Gasteiger partial charge in [-0.3, -0.25) is 9.78 Å². The highest BCUT2D eigenvalue weighted by molar-refractivity contribution is 9.10. The summed E-state index contributed by atoms with van der Waals surface area (Å²) in [6.45, 7) is 0. The number of nitrogens with one attached hydrogen (secondary N) is 1. The number of carboxylic acid groups (broad SMARTS) is 1. The smallest absolute Gasteiger partial charge is 0.353 e. The van der Waals surface area contributed by atoms with Gasteiger partial charge in [-0.15, -0.1) is 0 Å². The molecule has 0 fully saturated rings. The monoisotopic (exact) mass is 310 g/mol. The van der Waals surface area contributed by atoms with E-state index in [0.717, 1.165) is 4.57 Å². The van der Waals surface area contributed by atoms with Gasteiger partial charge in [0.2, 0.25) is 0 Å². The highest BCUT2D eigenvalue weighted by Gasteiger charge is 2.17. The Morgan fingerprint density at radius 2 is 1.83 bits per heavy atom. The first-order chi connectivity index (χ1) is 8.52. The summed E-state index contributed by atoms with van der Waals surface area (Å²) in [7, 11) is 0. The average Bonchev–Trinajstić information content (AvgIpc) is 2.35. The van der Waals surface area contributed by atoms with Crippen LogP contribution in [0.2, 0.25) is 0 Å². The molecular weight excluding hydrogens is 304 g/mol. The van der Waals surface area contributed by atoms with Crippen LogP contribution in [0.25, 0.3) is 5.69 Å². The van der Waals surface area contributed by atoms with Crippen LogP contribution >= 0.6 is 15.9 Å². The predicted octanol–water partition coefficient (Wildman–Crippen LogP) is 0.986. The first-order valence-corrected chi connectivity index (χ1v) is 5.65. The van der Waals surface area contributed by atoms with Crippen molar-refractivity contribution in [1.29, 1.82) is 0 Å². The van der Waals surface area contributed by atoms with E-state index in [1.807, 2.05) is 0 Å². The van der Waals surface area contributed by atoms with Gasteiger partial charge in [0.05, 0.1) is 5.69 Å². The van der Waals surface area contributed by atoms with Crippen LogP contribution in [0, 0.1) is 0 Å². The molecule has 0 unspecified atom stereocenters. The molecule has 1 heterocycles. The molecule has 0 aliphatic rings. The normalized spacial score (nSPS) is 10.3. The molecule has 0 bridgehead atoms. The van der Waals surface area contributed by atoms with Crippen molar-refractivity contribution in [1.82, 2.24) is 9.55 Å². The first kappa shape index (κ1) is 12.3. The fraction of sp³-hybridized carbons (Fsp3) is 0. The van der Waals surface area contributed by atoms with Gasteiger partial charge in [0.1, 0.15) is 10.2 Å². The van der Waals surface area contributed by atoms with Crippen molar-refractivity contribution < 1.29 is 9.90 Å². The van der Waals surface area contributed by atoms with Gasteiger partial charge < -0.3 is 5.11 Å². The number of carbonyl (C=O) groups is 1. The second-order valence-electron chi connectivity index (χ2n) is 3.40. The van der Waals surface area contributed by atoms with E-state index < -0.39 is 22.9 Å². The molecule has 6 nitrogen and oxygen atoms in total. The molecule has 1 aromatic heterocycles. The lowest BCUT2D eigenvalue weighted by Crippen LogP contribution is -2.36. The van der Waals surface area contributed by atoms with Gasteiger partial charge in [0.25, 0.3) is 5.56 Å². The standard InChI is InChI=1S/C11H7BrN2O4/c12-7-8(10(16)17)13-11(18)14(9(7)15)6-4-2-1-3-5-6/h1-5H,(H,13,18)(H,16,17). The van der Waals surface area contributed by atoms with Gasteiger partial charge in [0, 0.05) is 0 Å². The summed E-state index contributed by atoms with van der Waals surface area (Å²) in [4.78, 5) is 36.7. The van der Waals surface area contributed by atoms with Crippen LogP contribution in [-0.4, -0.2) is 20.6 Å². The summed E-state index contributed by atoms with van der Waals surface area (Å²) in [5.41, 5.74) is -1.62. The van der Waals surface area contributed by atoms with Crippen molar-refractivity contribution >= 4 is 21.9 Å². The number of aromatic nitrogens is 2. The first-order valence-electron chi connectivity index (χ1n) is 4.86. The lowest BCUT2D eigenvalue weighted by Gasteiger charge is -2.06. The number of hydrogen-bond acceptors (Lipinski definition) is 3. The number of benzene rings is 1. The maximum absolute atomic E-state index is 11.9. The Hall–Kier alpha value is -2.15. The molecule has 0 radical (unpaired) electrons. The second-order valence-corrected chi connectivity index (χ2v) is 4.19. The van der Waals surface area contributed by atoms with Crippen molar-refractivity contribution in [3.63, 3.8) is 0 Å². The summed E-state index contributed by atoms with van der Waals surface area (Å²) in [5.74, 6) is -1.38. The highest BCUT2D eigenvalue weighted by atomic mass is 79.9. The number of aromatic carboxylic acids is 1. The van der Waals surface area contributed by atoms with Crippen molar-refractivity contribution in [3.05, 3.63) is 61.3 Å². The van der Waals surface area contributed by atoms with Gasteiger partial charge >= 0.3 is 11.7 Å². The summed E-state index contributed by atoms with van der Waals surface area (Å²) < 4.78 is 0.662. The SMILES string of the molecule is O=C(O)c1[nH]c(=O)n(-c2ccccc2)c(=O)c1Br. The minimum absolute atomic E-state index is 0.196. The third-order valence-corrected chi connectivity index (χ3v) is 3.01. The highest BCUT2D eigenvalue weighted by Crippen LogP contribution is 2.09. The maximum atomic E-state index is 11.9. The van der Waals surface area contributed by atoms with Gasteiger partial charge in [-0.05, 0) is 28.1 Å². The molecule has 0 atom stereocenters. The number of rotatable bonds is 2. The number of hydrogen-bond donors (Lipinski definition) is 2. The van der Waals surface area contributed by atoms with Crippen LogP contribution in [0.3, 0.4) is 0 Å². The fourth-order valence-electron chi connectivity index (χ4n) is 1.47. The molecule has 2 N–H and O–H groups in total. The van der Waals surface area contributed by atoms with Crippen molar-refractivity contribution in [3.8, 4) is 5.69 Å². The minimum atomic E-state index is -1.38. The number of para-hydroxylation sites is 1. The molecular formula is C11H7BrN2O4. The largest absolute Gasteiger partial charge is 0.477 e. The average molecular weight is 311 g/mol. The summed E-state index contributed by atoms with van der Waals surface area (Å²) >= 11 is 2.88. The lowest BCUT2D eigenvalue weighted by atomic mass is 10.3. The topological polar surface area (TPSA) is 92.2 Å². The van der Waals surface area contributed by atoms with Gasteiger partial charge in [0.15, 0.2) is 0 Å². The Balaban J connectivity index is 2.81. The maximum Gasteiger partial charge on any atom is 0.353 e. The Kier molecular flexibility index (Phi) is 3.15. The number of halogens is 1. The van der Waals surface area contributed by atoms with Crippen LogP contribution in [0.1, 0.15) is 10.5 Å². The van der Waals surface area contributed by atoms with E-state index >= 15 is 0 Å². The number of H-pyrrole nitrogens is 1. The fourth-order valence-corrected chi connectivity index (χ4v) is 1.92. The van der Waals surface area contributed by atoms with E-state index in [2.05, 4.69) is 20.9 Å². The van der Waals surface area contributed by atoms with Crippen LogP contribution in [0.5, 0.6) is 0 Å². The van der Waals surface area contributed by atoms with Crippen LogP contribution in [-0.2, 0) is 0 Å². The molecule has 0 spiro atoms. The summed E-state index contributed by atoms with van der Waals surface area (Å²) in [6, 6.07) is 8.22. The zero-order chi connectivity index (χ0) is 13.3. The van der Waals surface area contributed by atoms with Crippen LogP contribution in [0.4, 0.5) is 0 Å². The number of carboxylic acids is 1. The molecule has 0 saturated heterocycles. The molecule has 2 aromatic rings. The molecule has 18 heavy (non-hydrogen) atoms. The Bertz CT molecular complexity index is 718. The third kappa shape index (κ3) is 2.00. The Morgan fingerprint density at radius 1 is 1.22 bits per heavy atom. The Morgan fingerprint density at radius 3 is 2.39 bits per heavy atom. The molecule has 0 aliphatic heterocycles. The third-order valence-electron chi connectivity index (χ3n) is 2.27. The van der Waals surface area contributed by atoms with Crippen molar-refractivity contribution in [2.75, 3.05) is 0 Å². The van der Waals surface area contributed by atoms with E-state index in [0.29, 0.717) is 5.69 Å². The summed E-state index contributed by atoms with van der Waals surface area (Å²) in [5, 5.41) is 8.83. The van der Waals surface area contributed by atoms with Crippen molar-refractivity contribution in [2.45, 2.75) is 0 Å². The number of aromatic amines is 1. The minimum Gasteiger partial charge on any atom is -0.477 e. The lowest BCUT2D eigenvalue weighted by molar-refractivity contribution is 0.0688. The molecule has 1 aromatic carbocycles. The molecule has 2 rings (SSSR count). The zero-order valence-corrected chi connectivity index (χ0v) is 10.5. The van der Waals surface area contributed by atoms with Gasteiger partial charge in [-0.1, -0.05) is 18.2 Å². The van der Waals surface area contributed by atoms with E-state index in [-0.39, 0.29) is 4.47 Å². The van der Waals surface area contributed by atoms with E-state index in [9.17, 15) is 14.4 Å². The zero-order valence-electron chi connectivity index (χ0n) is 8.88. The van der Waals surface area contributed by atoms with Crippen LogP contribution < -0.4 is 11.2 Å². The molecule has 0 saturated carbocycles. The van der Waals surface area contributed by atoms with Gasteiger partial charge in [-0.25, -0.2) is 14.2 Å². The van der Waals surface area contributed by atoms with Crippen molar-refractivity contribution in [2.24, 2.45) is 0 Å². The summed E-state index contributed by atoms with van der Waals surface area (Å²) in [6.07, 6.45) is 0. The Labute approximate surface area is 109 Å². The van der Waals surface area contributed by atoms with Crippen LogP contribution in [0.15, 0.2) is 44.4 Å². The number of nitrogens with zero attached hydrogens (tertiary/aromatic N) is 1. The van der Waals surface area contributed by atoms with E-state index in [4.69, 9.17) is 5.11 Å².